The Hall–Kier alpha value is -2.27. The summed E-state index contributed by atoms with van der Waals surface area (Å²) in [5.74, 6) is -1.52. The molecule has 5 nitrogen and oxygen atoms in total. The second-order valence-electron chi connectivity index (χ2n) is 4.79. The minimum atomic E-state index is -0.563. The highest BCUT2D eigenvalue weighted by atomic mass is 35.5. The highest BCUT2D eigenvalue weighted by Gasteiger charge is 2.33. The first-order chi connectivity index (χ1) is 11.1. The summed E-state index contributed by atoms with van der Waals surface area (Å²) in [4.78, 5) is 24.5. The first-order valence-corrected chi connectivity index (χ1v) is 7.72. The van der Waals surface area contributed by atoms with Crippen LogP contribution < -0.4 is 5.32 Å². The Morgan fingerprint density at radius 1 is 1.00 bits per heavy atom. The van der Waals surface area contributed by atoms with Crippen LogP contribution in [-0.2, 0) is 19.1 Å². The third-order valence-electron chi connectivity index (χ3n) is 3.33. The standard InChI is InChI=1S/C17H18ClNO4/c1-3-22-16(20)13-9-19-10-14(17(21)23-4-2)15(13)11-5-7-12(18)8-6-11/h5-10,15,19H,3-4H2,1-2H3. The molecule has 0 atom stereocenters. The SMILES string of the molecule is CCOC(=O)C1=CNC=C(C(=O)OCC)C1c1ccc(Cl)cc1. The maximum Gasteiger partial charge on any atom is 0.336 e. The van der Waals surface area contributed by atoms with E-state index in [4.69, 9.17) is 21.1 Å². The highest BCUT2D eigenvalue weighted by Crippen LogP contribution is 2.35. The molecule has 1 aliphatic rings. The number of rotatable bonds is 5. The lowest BCUT2D eigenvalue weighted by atomic mass is 9.84. The monoisotopic (exact) mass is 335 g/mol. The van der Waals surface area contributed by atoms with Crippen LogP contribution in [0.2, 0.25) is 5.02 Å². The van der Waals surface area contributed by atoms with Crippen LogP contribution in [0, 0.1) is 0 Å². The average Bonchev–Trinajstić information content (AvgIpc) is 2.55. The van der Waals surface area contributed by atoms with Crippen molar-refractivity contribution in [3.63, 3.8) is 0 Å². The van der Waals surface area contributed by atoms with Gasteiger partial charge in [0.2, 0.25) is 0 Å². The first-order valence-electron chi connectivity index (χ1n) is 7.34. The second kappa shape index (κ2) is 7.83. The van der Waals surface area contributed by atoms with E-state index in [1.54, 1.807) is 50.5 Å². The molecular formula is C17H18ClNO4. The summed E-state index contributed by atoms with van der Waals surface area (Å²) < 4.78 is 10.2. The molecule has 0 saturated carbocycles. The van der Waals surface area contributed by atoms with Crippen LogP contribution in [0.15, 0.2) is 47.8 Å². The zero-order chi connectivity index (χ0) is 16.8. The van der Waals surface area contributed by atoms with Gasteiger partial charge in [0.1, 0.15) is 0 Å². The normalized spacial score (nSPS) is 14.4. The molecule has 0 saturated heterocycles. The molecule has 2 rings (SSSR count). The molecule has 1 heterocycles. The first kappa shape index (κ1) is 17.1. The van der Waals surface area contributed by atoms with E-state index in [9.17, 15) is 9.59 Å². The van der Waals surface area contributed by atoms with Crippen molar-refractivity contribution < 1.29 is 19.1 Å². The lowest BCUT2D eigenvalue weighted by Crippen LogP contribution is -2.27. The van der Waals surface area contributed by atoms with Gasteiger partial charge in [-0.05, 0) is 31.5 Å². The van der Waals surface area contributed by atoms with Gasteiger partial charge in [0.15, 0.2) is 0 Å². The maximum absolute atomic E-state index is 12.2. The molecule has 0 radical (unpaired) electrons. The van der Waals surface area contributed by atoms with Crippen molar-refractivity contribution in [1.29, 1.82) is 0 Å². The summed E-state index contributed by atoms with van der Waals surface area (Å²) in [7, 11) is 0. The zero-order valence-electron chi connectivity index (χ0n) is 13.0. The van der Waals surface area contributed by atoms with E-state index in [0.717, 1.165) is 5.56 Å². The fraction of sp³-hybridized carbons (Fsp3) is 0.294. The number of hydrogen-bond acceptors (Lipinski definition) is 5. The van der Waals surface area contributed by atoms with Crippen LogP contribution in [0.25, 0.3) is 0 Å². The van der Waals surface area contributed by atoms with Gasteiger partial charge in [-0.2, -0.15) is 0 Å². The lowest BCUT2D eigenvalue weighted by Gasteiger charge is -2.25. The predicted molar refractivity (Wildman–Crippen MR) is 86.8 cm³/mol. The van der Waals surface area contributed by atoms with Crippen molar-refractivity contribution >= 4 is 23.5 Å². The van der Waals surface area contributed by atoms with Gasteiger partial charge in [0, 0.05) is 17.4 Å². The van der Waals surface area contributed by atoms with Crippen LogP contribution in [0.4, 0.5) is 0 Å². The van der Waals surface area contributed by atoms with Crippen molar-refractivity contribution in [2.45, 2.75) is 19.8 Å². The summed E-state index contributed by atoms with van der Waals surface area (Å²) in [6.45, 7) is 3.96. The van der Waals surface area contributed by atoms with Crippen LogP contribution in [0.1, 0.15) is 25.3 Å². The summed E-state index contributed by atoms with van der Waals surface area (Å²) in [6.07, 6.45) is 3.08. The smallest absolute Gasteiger partial charge is 0.336 e. The summed E-state index contributed by atoms with van der Waals surface area (Å²) in [5.41, 5.74) is 1.45. The third-order valence-corrected chi connectivity index (χ3v) is 3.58. The molecule has 6 heteroatoms. The van der Waals surface area contributed by atoms with Crippen molar-refractivity contribution in [2.75, 3.05) is 13.2 Å². The van der Waals surface area contributed by atoms with Crippen LogP contribution in [-0.4, -0.2) is 25.2 Å². The number of benzene rings is 1. The van der Waals surface area contributed by atoms with Gasteiger partial charge < -0.3 is 14.8 Å². The molecule has 0 aliphatic carbocycles. The number of halogens is 1. The van der Waals surface area contributed by atoms with E-state index < -0.39 is 17.9 Å². The van der Waals surface area contributed by atoms with Crippen LogP contribution in [0.3, 0.4) is 0 Å². The summed E-state index contributed by atoms with van der Waals surface area (Å²) in [5, 5.41) is 3.40. The summed E-state index contributed by atoms with van der Waals surface area (Å²) >= 11 is 5.92. The minimum absolute atomic E-state index is 0.252. The summed E-state index contributed by atoms with van der Waals surface area (Å²) in [6, 6.07) is 6.98. The molecule has 0 spiro atoms. The van der Waals surface area contributed by atoms with Crippen LogP contribution in [0.5, 0.6) is 0 Å². The van der Waals surface area contributed by atoms with Crippen LogP contribution >= 0.6 is 11.6 Å². The van der Waals surface area contributed by atoms with Crippen molar-refractivity contribution in [2.24, 2.45) is 0 Å². The molecule has 0 amide bonds. The number of dihydropyridines is 1. The molecule has 1 aromatic rings. The number of ether oxygens (including phenoxy) is 2. The maximum atomic E-state index is 12.2. The molecular weight excluding hydrogens is 318 g/mol. The van der Waals surface area contributed by atoms with Gasteiger partial charge in [-0.25, -0.2) is 9.59 Å². The quantitative estimate of drug-likeness (QED) is 0.838. The fourth-order valence-electron chi connectivity index (χ4n) is 2.35. The predicted octanol–water partition coefficient (Wildman–Crippen LogP) is 2.92. The number of carbonyl (C=O) groups is 2. The Bertz CT molecular complexity index is 615. The number of hydrogen-bond donors (Lipinski definition) is 1. The van der Waals surface area contributed by atoms with E-state index in [1.165, 1.54) is 0 Å². The molecule has 23 heavy (non-hydrogen) atoms. The van der Waals surface area contributed by atoms with Gasteiger partial charge in [0.25, 0.3) is 0 Å². The molecule has 1 aromatic carbocycles. The Balaban J connectivity index is 2.43. The molecule has 0 fully saturated rings. The van der Waals surface area contributed by atoms with E-state index in [2.05, 4.69) is 5.32 Å². The largest absolute Gasteiger partial charge is 0.463 e. The Morgan fingerprint density at radius 2 is 1.48 bits per heavy atom. The molecule has 122 valence electrons. The Morgan fingerprint density at radius 3 is 1.91 bits per heavy atom. The molecule has 1 aliphatic heterocycles. The number of carbonyl (C=O) groups excluding carboxylic acids is 2. The number of esters is 2. The second-order valence-corrected chi connectivity index (χ2v) is 5.23. The van der Waals surface area contributed by atoms with E-state index in [-0.39, 0.29) is 13.2 Å². The minimum Gasteiger partial charge on any atom is -0.463 e. The lowest BCUT2D eigenvalue weighted by molar-refractivity contribution is -0.139. The molecule has 0 unspecified atom stereocenters. The zero-order valence-corrected chi connectivity index (χ0v) is 13.7. The van der Waals surface area contributed by atoms with Crippen molar-refractivity contribution in [1.82, 2.24) is 5.32 Å². The van der Waals surface area contributed by atoms with Crippen molar-refractivity contribution in [3.8, 4) is 0 Å². The highest BCUT2D eigenvalue weighted by molar-refractivity contribution is 6.30. The molecule has 0 aromatic heterocycles. The molecule has 0 bridgehead atoms. The van der Waals surface area contributed by atoms with E-state index >= 15 is 0 Å². The Kier molecular flexibility index (Phi) is 5.82. The molecule has 1 N–H and O–H groups in total. The van der Waals surface area contributed by atoms with Gasteiger partial charge in [-0.3, -0.25) is 0 Å². The fourth-order valence-corrected chi connectivity index (χ4v) is 2.48. The van der Waals surface area contributed by atoms with Gasteiger partial charge in [0.05, 0.1) is 30.3 Å². The topological polar surface area (TPSA) is 64.6 Å². The number of nitrogens with one attached hydrogen (secondary N) is 1. The van der Waals surface area contributed by atoms with E-state index in [0.29, 0.717) is 16.2 Å². The van der Waals surface area contributed by atoms with Crippen molar-refractivity contribution in [3.05, 3.63) is 58.4 Å². The third kappa shape index (κ3) is 3.93. The van der Waals surface area contributed by atoms with Gasteiger partial charge >= 0.3 is 11.9 Å². The Labute approximate surface area is 139 Å². The van der Waals surface area contributed by atoms with Gasteiger partial charge in [-0.1, -0.05) is 23.7 Å². The average molecular weight is 336 g/mol. The van der Waals surface area contributed by atoms with E-state index in [1.807, 2.05) is 0 Å². The van der Waals surface area contributed by atoms with Gasteiger partial charge in [-0.15, -0.1) is 0 Å².